The normalized spacial score (nSPS) is 31.6. The summed E-state index contributed by atoms with van der Waals surface area (Å²) in [5, 5.41) is 10.8. The molecule has 0 saturated carbocycles. The molecule has 2 unspecified atom stereocenters. The van der Waals surface area contributed by atoms with Crippen LogP contribution in [0.5, 0.6) is 0 Å². The second kappa shape index (κ2) is 5.43. The van der Waals surface area contributed by atoms with Gasteiger partial charge in [-0.1, -0.05) is 0 Å². The van der Waals surface area contributed by atoms with E-state index in [0.717, 1.165) is 7.11 Å². The summed E-state index contributed by atoms with van der Waals surface area (Å²) in [6.45, 7) is 4.32. The first-order valence-corrected chi connectivity index (χ1v) is 4.40. The molecule has 0 radical (unpaired) electrons. The molecule has 1 rings (SSSR count). The molecule has 0 spiro atoms. The second-order valence-electron chi connectivity index (χ2n) is 3.92. The Labute approximate surface area is 136 Å². The van der Waals surface area contributed by atoms with Crippen LogP contribution < -0.4 is 56.5 Å². The molecule has 0 N–H and O–H groups in total. The summed E-state index contributed by atoms with van der Waals surface area (Å²) in [5.41, 5.74) is -1.67. The molecule has 7 heteroatoms. The molecule has 1 heterocycles. The van der Waals surface area contributed by atoms with Crippen LogP contribution in [-0.2, 0) is 23.8 Å². The summed E-state index contributed by atoms with van der Waals surface area (Å²) in [4.78, 5) is 22.2. The van der Waals surface area contributed by atoms with E-state index in [1.807, 2.05) is 0 Å². The fourth-order valence-electron chi connectivity index (χ4n) is 1.61. The van der Waals surface area contributed by atoms with E-state index in [1.165, 1.54) is 20.8 Å². The van der Waals surface area contributed by atoms with Crippen LogP contribution in [0.3, 0.4) is 0 Å². The van der Waals surface area contributed by atoms with Crippen LogP contribution in [0.2, 0.25) is 0 Å². The maximum atomic E-state index is 11.4. The predicted molar refractivity (Wildman–Crippen MR) is 45.5 cm³/mol. The van der Waals surface area contributed by atoms with Crippen molar-refractivity contribution >= 4 is 11.9 Å². The quantitative estimate of drug-likeness (QED) is 0.368. The first-order chi connectivity index (χ1) is 6.73. The first kappa shape index (κ1) is 16.5. The van der Waals surface area contributed by atoms with E-state index in [4.69, 9.17) is 9.47 Å². The zero-order chi connectivity index (χ0) is 11.9. The third-order valence-corrected chi connectivity index (χ3v) is 2.16. The molecule has 86 valence electrons. The number of hydrogen-bond acceptors (Lipinski definition) is 6. The Morgan fingerprint density at radius 1 is 1.31 bits per heavy atom. The number of carbonyl (C=O) groups excluding carboxylic acids is 2. The van der Waals surface area contributed by atoms with Crippen molar-refractivity contribution in [1.82, 2.24) is 0 Å². The molecule has 1 aliphatic heterocycles. The molecule has 0 bridgehead atoms. The second-order valence-corrected chi connectivity index (χ2v) is 3.92. The van der Waals surface area contributed by atoms with E-state index in [1.54, 1.807) is 0 Å². The van der Waals surface area contributed by atoms with Gasteiger partial charge < -0.3 is 24.1 Å². The van der Waals surface area contributed by atoms with Crippen LogP contribution in [0.15, 0.2) is 0 Å². The minimum Gasteiger partial charge on any atom is -0.547 e. The molecule has 2 atom stereocenters. The number of carbonyl (C=O) groups is 2. The number of carboxylic acid groups (broad SMARTS) is 1. The minimum absolute atomic E-state index is 0. The molecule has 1 aliphatic rings. The largest absolute Gasteiger partial charge is 1.00 e. The molecular weight excluding hydrogens is 243 g/mol. The number of hydrogen-bond donors (Lipinski definition) is 0. The molecule has 0 amide bonds. The van der Waals surface area contributed by atoms with Crippen LogP contribution >= 0.6 is 0 Å². The first-order valence-electron chi connectivity index (χ1n) is 4.40. The molecule has 0 aromatic carbocycles. The standard InChI is InChI=1S/C9H14O6.K/c1-8(2)14-5(6(10)11)9(3,15-8)7(12)13-4;/h5H,1-4H3,(H,10,11);/q;+1/p-1. The summed E-state index contributed by atoms with van der Waals surface area (Å²) in [7, 11) is 1.15. The molecule has 0 aliphatic carbocycles. The Morgan fingerprint density at radius 2 is 1.81 bits per heavy atom. The van der Waals surface area contributed by atoms with Crippen LogP contribution in [0.1, 0.15) is 20.8 Å². The van der Waals surface area contributed by atoms with Crippen molar-refractivity contribution in [2.75, 3.05) is 7.11 Å². The topological polar surface area (TPSA) is 84.9 Å². The summed E-state index contributed by atoms with van der Waals surface area (Å²) in [5.74, 6) is -3.47. The van der Waals surface area contributed by atoms with Gasteiger partial charge in [0.05, 0.1) is 13.1 Å². The van der Waals surface area contributed by atoms with E-state index in [0.29, 0.717) is 0 Å². The van der Waals surface area contributed by atoms with Gasteiger partial charge in [-0.15, -0.1) is 0 Å². The Morgan fingerprint density at radius 3 is 2.19 bits per heavy atom. The zero-order valence-corrected chi connectivity index (χ0v) is 13.1. The van der Waals surface area contributed by atoms with E-state index < -0.39 is 29.4 Å². The van der Waals surface area contributed by atoms with Crippen molar-refractivity contribution in [1.29, 1.82) is 0 Å². The number of methoxy groups -OCH3 is 1. The fraction of sp³-hybridized carbons (Fsp3) is 0.778. The molecule has 1 saturated heterocycles. The molecule has 0 aromatic rings. The van der Waals surface area contributed by atoms with Gasteiger partial charge in [-0.05, 0) is 20.8 Å². The van der Waals surface area contributed by atoms with Gasteiger partial charge in [-0.25, -0.2) is 4.79 Å². The van der Waals surface area contributed by atoms with E-state index >= 15 is 0 Å². The van der Waals surface area contributed by atoms with Crippen molar-refractivity contribution in [2.24, 2.45) is 0 Å². The SMILES string of the molecule is COC(=O)C1(C)OC(C)(C)OC1C(=O)[O-].[K+]. The van der Waals surface area contributed by atoms with Gasteiger partial charge in [-0.3, -0.25) is 0 Å². The number of esters is 1. The summed E-state index contributed by atoms with van der Waals surface area (Å²) >= 11 is 0. The average Bonchev–Trinajstić information content (AvgIpc) is 2.36. The van der Waals surface area contributed by atoms with Gasteiger partial charge in [0.25, 0.3) is 0 Å². The van der Waals surface area contributed by atoms with Gasteiger partial charge in [0.2, 0.25) is 0 Å². The maximum absolute atomic E-state index is 11.4. The third kappa shape index (κ3) is 3.03. The molecule has 1 fully saturated rings. The molecule has 0 aromatic heterocycles. The summed E-state index contributed by atoms with van der Waals surface area (Å²) < 4.78 is 14.8. The Hall–Kier alpha value is 0.496. The number of carboxylic acids is 1. The van der Waals surface area contributed by atoms with Gasteiger partial charge in [-0.2, -0.15) is 0 Å². The van der Waals surface area contributed by atoms with Gasteiger partial charge in [0, 0.05) is 0 Å². The van der Waals surface area contributed by atoms with Crippen molar-refractivity contribution in [2.45, 2.75) is 38.3 Å². The Kier molecular flexibility index (Phi) is 5.60. The maximum Gasteiger partial charge on any atom is 1.00 e. The van der Waals surface area contributed by atoms with Crippen molar-refractivity contribution in [3.8, 4) is 0 Å². The number of aliphatic carboxylic acids is 1. The average molecular weight is 256 g/mol. The smallest absolute Gasteiger partial charge is 0.547 e. The summed E-state index contributed by atoms with van der Waals surface area (Å²) in [6, 6.07) is 0. The van der Waals surface area contributed by atoms with Crippen molar-refractivity contribution in [3.05, 3.63) is 0 Å². The Bertz CT molecular complexity index is 302. The van der Waals surface area contributed by atoms with Gasteiger partial charge >= 0.3 is 57.4 Å². The minimum atomic E-state index is -1.67. The third-order valence-electron chi connectivity index (χ3n) is 2.16. The van der Waals surface area contributed by atoms with Crippen LogP contribution in [0.4, 0.5) is 0 Å². The monoisotopic (exact) mass is 256 g/mol. The van der Waals surface area contributed by atoms with Crippen molar-refractivity contribution < 1.29 is 80.3 Å². The molecular formula is C9H13KO6. The van der Waals surface area contributed by atoms with Crippen LogP contribution in [-0.4, -0.2) is 36.5 Å². The van der Waals surface area contributed by atoms with E-state index in [2.05, 4.69) is 4.74 Å². The fourth-order valence-corrected chi connectivity index (χ4v) is 1.61. The number of rotatable bonds is 2. The van der Waals surface area contributed by atoms with Crippen LogP contribution in [0.25, 0.3) is 0 Å². The molecule has 16 heavy (non-hydrogen) atoms. The zero-order valence-electron chi connectivity index (χ0n) is 10.0. The Balaban J connectivity index is 0.00000225. The van der Waals surface area contributed by atoms with Crippen molar-refractivity contribution in [3.63, 3.8) is 0 Å². The number of ether oxygens (including phenoxy) is 3. The predicted octanol–water partition coefficient (Wildman–Crippen LogP) is -4.18. The summed E-state index contributed by atoms with van der Waals surface area (Å²) in [6.07, 6.45) is -1.47. The van der Waals surface area contributed by atoms with E-state index in [9.17, 15) is 14.7 Å². The van der Waals surface area contributed by atoms with Gasteiger partial charge in [0.1, 0.15) is 6.10 Å². The van der Waals surface area contributed by atoms with Crippen LogP contribution in [0, 0.1) is 0 Å². The van der Waals surface area contributed by atoms with Gasteiger partial charge in [0.15, 0.2) is 11.4 Å². The molecule has 6 nitrogen and oxygen atoms in total. The van der Waals surface area contributed by atoms with E-state index in [-0.39, 0.29) is 51.4 Å².